The summed E-state index contributed by atoms with van der Waals surface area (Å²) >= 11 is 0. The fourth-order valence-electron chi connectivity index (χ4n) is 3.60. The average molecular weight is 355 g/mol. The number of carbonyl (C=O) groups is 1. The van der Waals surface area contributed by atoms with E-state index in [4.69, 9.17) is 4.74 Å². The molecule has 0 aliphatic carbocycles. The minimum Gasteiger partial charge on any atom is -0.462 e. The summed E-state index contributed by atoms with van der Waals surface area (Å²) in [5.74, 6) is 0.545. The highest BCUT2D eigenvalue weighted by Gasteiger charge is 2.48. The van der Waals surface area contributed by atoms with Crippen LogP contribution in [0.2, 0.25) is 0 Å². The second kappa shape index (κ2) is 11.2. The van der Waals surface area contributed by atoms with Gasteiger partial charge in [0.2, 0.25) is 0 Å². The SMILES string of the molecule is CCCCCC(CCCCC)OC(=O)C(C)(C(C)C)C(C)C(C)(C)C. The number of ether oxygens (including phenoxy) is 1. The molecule has 0 aliphatic heterocycles. The van der Waals surface area contributed by atoms with E-state index in [0.717, 1.165) is 25.7 Å². The van der Waals surface area contributed by atoms with E-state index in [9.17, 15) is 4.79 Å². The molecule has 0 aromatic carbocycles. The highest BCUT2D eigenvalue weighted by atomic mass is 16.5. The van der Waals surface area contributed by atoms with Crippen LogP contribution >= 0.6 is 0 Å². The van der Waals surface area contributed by atoms with E-state index < -0.39 is 5.41 Å². The normalized spacial score (nSPS) is 16.1. The van der Waals surface area contributed by atoms with Crippen LogP contribution in [0.15, 0.2) is 0 Å². The Hall–Kier alpha value is -0.530. The predicted octanol–water partition coefficient (Wildman–Crippen LogP) is 7.40. The summed E-state index contributed by atoms with van der Waals surface area (Å²) in [6.07, 6.45) is 9.31. The molecule has 0 heterocycles. The number of carbonyl (C=O) groups excluding carboxylic acids is 1. The van der Waals surface area contributed by atoms with Crippen molar-refractivity contribution in [2.24, 2.45) is 22.7 Å². The summed E-state index contributed by atoms with van der Waals surface area (Å²) in [6, 6.07) is 0. The summed E-state index contributed by atoms with van der Waals surface area (Å²) in [5, 5.41) is 0. The monoisotopic (exact) mass is 354 g/mol. The van der Waals surface area contributed by atoms with Gasteiger partial charge in [-0.05, 0) is 49.9 Å². The molecule has 0 rings (SSSR count). The van der Waals surface area contributed by atoms with E-state index >= 15 is 0 Å². The van der Waals surface area contributed by atoms with Gasteiger partial charge in [0.25, 0.3) is 0 Å². The van der Waals surface area contributed by atoms with Crippen LogP contribution in [0, 0.1) is 22.7 Å². The molecule has 0 saturated heterocycles. The van der Waals surface area contributed by atoms with E-state index in [1.165, 1.54) is 25.7 Å². The molecule has 2 nitrogen and oxygen atoms in total. The molecule has 0 spiro atoms. The molecular formula is C23H46O2. The third-order valence-corrected chi connectivity index (χ3v) is 6.37. The van der Waals surface area contributed by atoms with E-state index in [-0.39, 0.29) is 29.3 Å². The van der Waals surface area contributed by atoms with Gasteiger partial charge in [-0.3, -0.25) is 4.79 Å². The van der Waals surface area contributed by atoms with Crippen molar-refractivity contribution in [3.05, 3.63) is 0 Å². The van der Waals surface area contributed by atoms with Crippen LogP contribution in [0.1, 0.15) is 114 Å². The van der Waals surface area contributed by atoms with Crippen molar-refractivity contribution in [1.82, 2.24) is 0 Å². The van der Waals surface area contributed by atoms with Crippen molar-refractivity contribution in [3.63, 3.8) is 0 Å². The Morgan fingerprint density at radius 2 is 1.28 bits per heavy atom. The number of rotatable bonds is 12. The first-order chi connectivity index (χ1) is 11.5. The van der Waals surface area contributed by atoms with Crippen LogP contribution in [-0.4, -0.2) is 12.1 Å². The van der Waals surface area contributed by atoms with Gasteiger partial charge in [0.05, 0.1) is 5.41 Å². The van der Waals surface area contributed by atoms with Crippen molar-refractivity contribution in [2.45, 2.75) is 120 Å². The van der Waals surface area contributed by atoms with Gasteiger partial charge in [-0.25, -0.2) is 0 Å². The van der Waals surface area contributed by atoms with E-state index in [2.05, 4.69) is 62.3 Å². The molecule has 0 N–H and O–H groups in total. The first kappa shape index (κ1) is 24.5. The lowest BCUT2D eigenvalue weighted by molar-refractivity contribution is -0.171. The zero-order chi connectivity index (χ0) is 19.7. The average Bonchev–Trinajstić information content (AvgIpc) is 2.52. The number of hydrogen-bond donors (Lipinski definition) is 0. The molecule has 0 fully saturated rings. The van der Waals surface area contributed by atoms with Gasteiger partial charge in [-0.15, -0.1) is 0 Å². The molecule has 0 radical (unpaired) electrons. The van der Waals surface area contributed by atoms with Gasteiger partial charge in [-0.1, -0.05) is 81.1 Å². The molecular weight excluding hydrogens is 308 g/mol. The second-order valence-electron chi connectivity index (χ2n) is 9.54. The maximum absolute atomic E-state index is 13.2. The van der Waals surface area contributed by atoms with Crippen LogP contribution in [0.25, 0.3) is 0 Å². The number of hydrogen-bond acceptors (Lipinski definition) is 2. The van der Waals surface area contributed by atoms with E-state index in [1.807, 2.05) is 0 Å². The van der Waals surface area contributed by atoms with Crippen molar-refractivity contribution in [3.8, 4) is 0 Å². The standard InChI is InChI=1S/C23H46O2/c1-10-12-14-16-20(17-15-13-11-2)25-21(24)23(9,18(3)4)19(5)22(6,7)8/h18-20H,10-17H2,1-9H3. The van der Waals surface area contributed by atoms with Crippen LogP contribution in [0.4, 0.5) is 0 Å². The Balaban J connectivity index is 5.16. The van der Waals surface area contributed by atoms with Crippen molar-refractivity contribution in [2.75, 3.05) is 0 Å². The molecule has 2 atom stereocenters. The first-order valence-electron chi connectivity index (χ1n) is 10.7. The molecule has 2 unspecified atom stereocenters. The van der Waals surface area contributed by atoms with Crippen LogP contribution < -0.4 is 0 Å². The number of unbranched alkanes of at least 4 members (excludes halogenated alkanes) is 4. The van der Waals surface area contributed by atoms with Crippen molar-refractivity contribution in [1.29, 1.82) is 0 Å². The maximum Gasteiger partial charge on any atom is 0.312 e. The first-order valence-corrected chi connectivity index (χ1v) is 10.7. The van der Waals surface area contributed by atoms with Gasteiger partial charge >= 0.3 is 5.97 Å². The summed E-state index contributed by atoms with van der Waals surface area (Å²) in [7, 11) is 0. The van der Waals surface area contributed by atoms with Gasteiger partial charge in [-0.2, -0.15) is 0 Å². The lowest BCUT2D eigenvalue weighted by Gasteiger charge is -2.44. The molecule has 0 amide bonds. The third kappa shape index (κ3) is 7.71. The molecule has 0 aromatic heterocycles. The smallest absolute Gasteiger partial charge is 0.312 e. The molecule has 150 valence electrons. The minimum absolute atomic E-state index is 0.0166. The molecule has 2 heteroatoms. The number of esters is 1. The zero-order valence-electron chi connectivity index (χ0n) is 18.7. The highest BCUT2D eigenvalue weighted by molar-refractivity contribution is 5.77. The third-order valence-electron chi connectivity index (χ3n) is 6.37. The topological polar surface area (TPSA) is 26.3 Å². The summed E-state index contributed by atoms with van der Waals surface area (Å²) in [6.45, 7) is 19.8. The lowest BCUT2D eigenvalue weighted by Crippen LogP contribution is -2.46. The van der Waals surface area contributed by atoms with E-state index in [1.54, 1.807) is 0 Å². The van der Waals surface area contributed by atoms with Gasteiger partial charge in [0, 0.05) is 0 Å². The largest absolute Gasteiger partial charge is 0.462 e. The minimum atomic E-state index is -0.438. The predicted molar refractivity (Wildman–Crippen MR) is 110 cm³/mol. The highest BCUT2D eigenvalue weighted by Crippen LogP contribution is 2.46. The zero-order valence-corrected chi connectivity index (χ0v) is 18.7. The van der Waals surface area contributed by atoms with Crippen molar-refractivity contribution < 1.29 is 9.53 Å². The fraction of sp³-hybridized carbons (Fsp3) is 0.957. The van der Waals surface area contributed by atoms with Gasteiger partial charge < -0.3 is 4.74 Å². The Morgan fingerprint density at radius 3 is 1.60 bits per heavy atom. The maximum atomic E-state index is 13.2. The molecule has 25 heavy (non-hydrogen) atoms. The fourth-order valence-corrected chi connectivity index (χ4v) is 3.60. The Morgan fingerprint density at radius 1 is 0.840 bits per heavy atom. The summed E-state index contributed by atoms with van der Waals surface area (Å²) in [5.41, 5.74) is -0.357. The van der Waals surface area contributed by atoms with Crippen LogP contribution in [-0.2, 0) is 9.53 Å². The van der Waals surface area contributed by atoms with Gasteiger partial charge in [0.1, 0.15) is 6.10 Å². The van der Waals surface area contributed by atoms with Crippen LogP contribution in [0.5, 0.6) is 0 Å². The van der Waals surface area contributed by atoms with Gasteiger partial charge in [0.15, 0.2) is 0 Å². The molecule has 0 aliphatic rings. The second-order valence-corrected chi connectivity index (χ2v) is 9.54. The van der Waals surface area contributed by atoms with Crippen LogP contribution in [0.3, 0.4) is 0 Å². The molecule has 0 aromatic rings. The molecule has 0 saturated carbocycles. The summed E-state index contributed by atoms with van der Waals surface area (Å²) < 4.78 is 6.15. The van der Waals surface area contributed by atoms with Crippen molar-refractivity contribution >= 4 is 5.97 Å². The summed E-state index contributed by atoms with van der Waals surface area (Å²) in [4.78, 5) is 13.2. The Kier molecular flexibility index (Phi) is 11.0. The molecule has 0 bridgehead atoms. The quantitative estimate of drug-likeness (QED) is 0.269. The Labute approximate surface area is 158 Å². The lowest BCUT2D eigenvalue weighted by atomic mass is 9.61. The Bertz CT molecular complexity index is 357. The van der Waals surface area contributed by atoms with E-state index in [0.29, 0.717) is 0 Å².